The first-order chi connectivity index (χ1) is 17.0. The van der Waals surface area contributed by atoms with Gasteiger partial charge in [-0.3, -0.25) is 4.90 Å². The molecule has 1 heterocycles. The molecule has 1 saturated heterocycles. The maximum Gasteiger partial charge on any atom is 0.401 e. The van der Waals surface area contributed by atoms with Crippen LogP contribution in [0.3, 0.4) is 0 Å². The third-order valence-corrected chi connectivity index (χ3v) is 6.00. The lowest BCUT2D eigenvalue weighted by Crippen LogP contribution is -2.45. The first-order valence-electron chi connectivity index (χ1n) is 11.7. The van der Waals surface area contributed by atoms with Crippen LogP contribution in [0.5, 0.6) is 0 Å². The van der Waals surface area contributed by atoms with E-state index in [1.807, 2.05) is 91.0 Å². The predicted molar refractivity (Wildman–Crippen MR) is 128 cm³/mol. The van der Waals surface area contributed by atoms with E-state index < -0.39 is 31.0 Å². The smallest absolute Gasteiger partial charge is 0.375 e. The van der Waals surface area contributed by atoms with Gasteiger partial charge in [0.2, 0.25) is 0 Å². The summed E-state index contributed by atoms with van der Waals surface area (Å²) < 4.78 is 58.7. The van der Waals surface area contributed by atoms with Gasteiger partial charge >= 0.3 is 6.18 Å². The van der Waals surface area contributed by atoms with E-state index >= 15 is 0 Å². The second-order valence-corrected chi connectivity index (χ2v) is 8.71. The number of halogens is 3. The van der Waals surface area contributed by atoms with Gasteiger partial charge in [-0.2, -0.15) is 13.2 Å². The SMILES string of the molecule is FC(F)(F)CN1CC(OCc2ccccc2)C(OCc2ccccc2)C1COCc1ccccc1. The van der Waals surface area contributed by atoms with Gasteiger partial charge < -0.3 is 14.2 Å². The highest BCUT2D eigenvalue weighted by Gasteiger charge is 2.47. The molecule has 4 rings (SSSR count). The topological polar surface area (TPSA) is 30.9 Å². The Kier molecular flexibility index (Phi) is 8.93. The molecule has 0 amide bonds. The summed E-state index contributed by atoms with van der Waals surface area (Å²) in [7, 11) is 0. The van der Waals surface area contributed by atoms with Crippen molar-refractivity contribution in [1.29, 1.82) is 0 Å². The minimum absolute atomic E-state index is 0.107. The van der Waals surface area contributed by atoms with E-state index in [9.17, 15) is 13.2 Å². The van der Waals surface area contributed by atoms with E-state index in [0.717, 1.165) is 16.7 Å². The van der Waals surface area contributed by atoms with Crippen LogP contribution < -0.4 is 0 Å². The van der Waals surface area contributed by atoms with Gasteiger partial charge in [0, 0.05) is 6.54 Å². The third-order valence-electron chi connectivity index (χ3n) is 6.00. The van der Waals surface area contributed by atoms with E-state index in [4.69, 9.17) is 14.2 Å². The first kappa shape index (κ1) is 25.4. The molecule has 0 N–H and O–H groups in total. The number of nitrogens with zero attached hydrogens (tertiary/aromatic N) is 1. The summed E-state index contributed by atoms with van der Waals surface area (Å²) in [6.07, 6.45) is -5.43. The van der Waals surface area contributed by atoms with Crippen LogP contribution in [0.25, 0.3) is 0 Å². The molecule has 0 aliphatic carbocycles. The molecule has 1 aliphatic heterocycles. The number of likely N-dealkylation sites (tertiary alicyclic amines) is 1. The summed E-state index contributed by atoms with van der Waals surface area (Å²) in [4.78, 5) is 1.39. The molecule has 0 radical (unpaired) electrons. The number of ether oxygens (including phenoxy) is 3. The van der Waals surface area contributed by atoms with Gasteiger partial charge in [-0.25, -0.2) is 0 Å². The Morgan fingerprint density at radius 2 is 1.17 bits per heavy atom. The van der Waals surface area contributed by atoms with Crippen molar-refractivity contribution in [3.63, 3.8) is 0 Å². The molecular weight excluding hydrogens is 455 g/mol. The summed E-state index contributed by atoms with van der Waals surface area (Å²) in [6.45, 7) is 0.0849. The zero-order valence-electron chi connectivity index (χ0n) is 19.4. The van der Waals surface area contributed by atoms with E-state index in [2.05, 4.69) is 0 Å². The van der Waals surface area contributed by atoms with Crippen molar-refractivity contribution in [3.8, 4) is 0 Å². The summed E-state index contributed by atoms with van der Waals surface area (Å²) in [6, 6.07) is 28.2. The van der Waals surface area contributed by atoms with Gasteiger partial charge in [0.25, 0.3) is 0 Å². The van der Waals surface area contributed by atoms with Crippen LogP contribution in [0.4, 0.5) is 13.2 Å². The lowest BCUT2D eigenvalue weighted by molar-refractivity contribution is -0.153. The molecule has 0 aromatic heterocycles. The summed E-state index contributed by atoms with van der Waals surface area (Å²) in [5, 5.41) is 0. The van der Waals surface area contributed by atoms with Gasteiger partial charge in [0.05, 0.1) is 45.1 Å². The average molecular weight is 486 g/mol. The lowest BCUT2D eigenvalue weighted by atomic mass is 10.1. The normalized spacial score (nSPS) is 20.8. The molecule has 1 aliphatic rings. The van der Waals surface area contributed by atoms with Crippen LogP contribution in [0.1, 0.15) is 16.7 Å². The van der Waals surface area contributed by atoms with E-state index in [1.54, 1.807) is 0 Å². The fourth-order valence-corrected chi connectivity index (χ4v) is 4.32. The molecule has 0 spiro atoms. The van der Waals surface area contributed by atoms with Crippen LogP contribution in [0.2, 0.25) is 0 Å². The van der Waals surface area contributed by atoms with Crippen molar-refractivity contribution in [2.24, 2.45) is 0 Å². The average Bonchev–Trinajstić information content (AvgIpc) is 3.17. The maximum absolute atomic E-state index is 13.5. The number of rotatable bonds is 11. The summed E-state index contributed by atoms with van der Waals surface area (Å²) >= 11 is 0. The molecule has 4 nitrogen and oxygen atoms in total. The Balaban J connectivity index is 1.49. The van der Waals surface area contributed by atoms with Crippen molar-refractivity contribution in [2.75, 3.05) is 19.7 Å². The predicted octanol–water partition coefficient (Wildman–Crippen LogP) is 5.62. The largest absolute Gasteiger partial charge is 0.401 e. The van der Waals surface area contributed by atoms with Crippen molar-refractivity contribution >= 4 is 0 Å². The van der Waals surface area contributed by atoms with Crippen LogP contribution >= 0.6 is 0 Å². The molecule has 3 aromatic carbocycles. The molecule has 0 bridgehead atoms. The number of alkyl halides is 3. The monoisotopic (exact) mass is 485 g/mol. The Bertz CT molecular complexity index is 1000. The van der Waals surface area contributed by atoms with Crippen LogP contribution in [0.15, 0.2) is 91.0 Å². The van der Waals surface area contributed by atoms with E-state index in [-0.39, 0.29) is 19.8 Å². The fourth-order valence-electron chi connectivity index (χ4n) is 4.32. The van der Waals surface area contributed by atoms with Gasteiger partial charge in [0.1, 0.15) is 6.10 Å². The van der Waals surface area contributed by atoms with Gasteiger partial charge in [-0.05, 0) is 16.7 Å². The van der Waals surface area contributed by atoms with Crippen LogP contribution in [-0.4, -0.2) is 49.0 Å². The van der Waals surface area contributed by atoms with E-state index in [0.29, 0.717) is 13.2 Å². The molecule has 3 aromatic rings. The number of hydrogen-bond acceptors (Lipinski definition) is 4. The van der Waals surface area contributed by atoms with Crippen molar-refractivity contribution < 1.29 is 27.4 Å². The highest BCUT2D eigenvalue weighted by atomic mass is 19.4. The standard InChI is InChI=1S/C28H30F3NO3/c29-28(30,31)21-32-16-26(34-18-23-12-6-2-7-13-23)27(35-19-24-14-8-3-9-15-24)25(32)20-33-17-22-10-4-1-5-11-22/h1-15,25-27H,16-21H2. The second kappa shape index (κ2) is 12.3. The molecule has 7 heteroatoms. The number of hydrogen-bond donors (Lipinski definition) is 0. The molecular formula is C28H30F3NO3. The Labute approximate surface area is 204 Å². The number of benzene rings is 3. The van der Waals surface area contributed by atoms with E-state index in [1.165, 1.54) is 4.90 Å². The molecule has 3 unspecified atom stereocenters. The molecule has 1 fully saturated rings. The maximum atomic E-state index is 13.5. The van der Waals surface area contributed by atoms with Gasteiger partial charge in [-0.15, -0.1) is 0 Å². The van der Waals surface area contributed by atoms with Crippen molar-refractivity contribution in [3.05, 3.63) is 108 Å². The summed E-state index contributed by atoms with van der Waals surface area (Å²) in [5.74, 6) is 0. The third kappa shape index (κ3) is 7.90. The van der Waals surface area contributed by atoms with Crippen LogP contribution in [-0.2, 0) is 34.0 Å². The summed E-state index contributed by atoms with van der Waals surface area (Å²) in [5.41, 5.74) is 2.87. The highest BCUT2D eigenvalue weighted by molar-refractivity contribution is 5.15. The van der Waals surface area contributed by atoms with Gasteiger partial charge in [-0.1, -0.05) is 91.0 Å². The highest BCUT2D eigenvalue weighted by Crippen LogP contribution is 2.30. The lowest BCUT2D eigenvalue weighted by Gasteiger charge is -2.29. The fraction of sp³-hybridized carbons (Fsp3) is 0.357. The first-order valence-corrected chi connectivity index (χ1v) is 11.7. The Hall–Kier alpha value is -2.71. The zero-order valence-corrected chi connectivity index (χ0v) is 19.4. The van der Waals surface area contributed by atoms with Gasteiger partial charge in [0.15, 0.2) is 0 Å². The zero-order chi connectivity index (χ0) is 24.5. The molecule has 0 saturated carbocycles. The second-order valence-electron chi connectivity index (χ2n) is 8.71. The molecule has 3 atom stereocenters. The van der Waals surface area contributed by atoms with Crippen molar-refractivity contribution in [1.82, 2.24) is 4.90 Å². The van der Waals surface area contributed by atoms with Crippen molar-refractivity contribution in [2.45, 2.75) is 44.2 Å². The minimum Gasteiger partial charge on any atom is -0.375 e. The quantitative estimate of drug-likeness (QED) is 0.353. The minimum atomic E-state index is -4.34. The van der Waals surface area contributed by atoms with Crippen LogP contribution in [0, 0.1) is 0 Å². The molecule has 35 heavy (non-hydrogen) atoms. The Morgan fingerprint density at radius 1 is 0.686 bits per heavy atom. The molecule has 186 valence electrons. The Morgan fingerprint density at radius 3 is 1.69 bits per heavy atom.